The number of aliphatic imine (C=N–C) groups is 1. The molecule has 0 saturated carbocycles. The number of aryl methyl sites for hydroxylation is 1. The Kier molecular flexibility index (Phi) is 7.45. The Bertz CT molecular complexity index is 862. The molecule has 2 aromatic rings. The van der Waals surface area contributed by atoms with Crippen molar-refractivity contribution in [1.29, 1.82) is 0 Å². The third-order valence-electron chi connectivity index (χ3n) is 5.36. The monoisotopic (exact) mass is 509 g/mol. The Morgan fingerprint density at radius 1 is 1.03 bits per heavy atom. The fourth-order valence-electron chi connectivity index (χ4n) is 3.78. The predicted octanol–water partition coefficient (Wildman–Crippen LogP) is 2.22. The van der Waals surface area contributed by atoms with E-state index in [1.807, 2.05) is 17.0 Å². The first-order valence-corrected chi connectivity index (χ1v) is 9.99. The molecule has 0 atom stereocenters. The number of benzene rings is 1. The molecular weight excluding hydrogens is 481 g/mol. The summed E-state index contributed by atoms with van der Waals surface area (Å²) in [6.45, 7) is 3.07. The lowest BCUT2D eigenvalue weighted by Gasteiger charge is -2.17. The molecule has 4 rings (SSSR count). The van der Waals surface area contributed by atoms with Crippen LogP contribution in [0, 0.1) is 0 Å². The molecule has 2 aliphatic heterocycles. The molecule has 9 heteroatoms. The van der Waals surface area contributed by atoms with Gasteiger partial charge in [0, 0.05) is 45.2 Å². The molecule has 0 aliphatic carbocycles. The first-order valence-electron chi connectivity index (χ1n) is 9.99. The van der Waals surface area contributed by atoms with E-state index in [2.05, 4.69) is 42.5 Å². The number of aromatic nitrogens is 3. The van der Waals surface area contributed by atoms with Crippen molar-refractivity contribution in [1.82, 2.24) is 25.4 Å². The van der Waals surface area contributed by atoms with Crippen molar-refractivity contribution >= 4 is 41.5 Å². The lowest BCUT2D eigenvalue weighted by Crippen LogP contribution is -2.37. The SMILES string of the molecule is CN=C(NCc1ccc(N2CCCC2=O)cc1)NCc1nnc2n1CCCC2.I. The molecule has 2 aliphatic rings. The van der Waals surface area contributed by atoms with Crippen LogP contribution in [0.5, 0.6) is 0 Å². The van der Waals surface area contributed by atoms with E-state index >= 15 is 0 Å². The van der Waals surface area contributed by atoms with Crippen LogP contribution in [0.1, 0.15) is 42.9 Å². The van der Waals surface area contributed by atoms with Gasteiger partial charge in [0.05, 0.1) is 6.54 Å². The number of anilines is 1. The molecule has 0 bridgehead atoms. The molecule has 0 radical (unpaired) electrons. The van der Waals surface area contributed by atoms with Gasteiger partial charge in [-0.15, -0.1) is 34.2 Å². The molecular formula is C20H28IN7O. The van der Waals surface area contributed by atoms with E-state index in [0.717, 1.165) is 54.8 Å². The lowest BCUT2D eigenvalue weighted by atomic mass is 10.2. The number of guanidine groups is 1. The predicted molar refractivity (Wildman–Crippen MR) is 123 cm³/mol. The van der Waals surface area contributed by atoms with E-state index < -0.39 is 0 Å². The molecule has 1 aromatic carbocycles. The number of fused-ring (bicyclic) bond motifs is 1. The van der Waals surface area contributed by atoms with Crippen LogP contribution in [0.2, 0.25) is 0 Å². The molecule has 8 nitrogen and oxygen atoms in total. The van der Waals surface area contributed by atoms with Gasteiger partial charge < -0.3 is 20.1 Å². The van der Waals surface area contributed by atoms with Crippen molar-refractivity contribution < 1.29 is 4.79 Å². The fourth-order valence-corrected chi connectivity index (χ4v) is 3.78. The number of carbonyl (C=O) groups is 1. The van der Waals surface area contributed by atoms with Crippen LogP contribution in [0.4, 0.5) is 5.69 Å². The van der Waals surface area contributed by atoms with Crippen molar-refractivity contribution in [3.05, 3.63) is 41.5 Å². The number of rotatable bonds is 5. The summed E-state index contributed by atoms with van der Waals surface area (Å²) in [6.07, 6.45) is 4.99. The maximum atomic E-state index is 11.9. The second-order valence-electron chi connectivity index (χ2n) is 7.24. The smallest absolute Gasteiger partial charge is 0.227 e. The molecule has 1 amide bonds. The highest BCUT2D eigenvalue weighted by atomic mass is 127. The minimum Gasteiger partial charge on any atom is -0.352 e. The number of hydrogen-bond donors (Lipinski definition) is 2. The summed E-state index contributed by atoms with van der Waals surface area (Å²) in [7, 11) is 1.76. The first-order chi connectivity index (χ1) is 13.7. The van der Waals surface area contributed by atoms with Crippen molar-refractivity contribution in [2.45, 2.75) is 51.7 Å². The standard InChI is InChI=1S/C20H27N7O.HI/c1-21-20(23-14-18-25-24-17-5-2-3-11-27(17)18)22-13-15-7-9-16(10-8-15)26-12-4-6-19(26)28;/h7-10H,2-6,11-14H2,1H3,(H2,21,22,23);1H. The van der Waals surface area contributed by atoms with E-state index in [4.69, 9.17) is 0 Å². The third-order valence-corrected chi connectivity index (χ3v) is 5.36. The van der Waals surface area contributed by atoms with Gasteiger partial charge in [0.15, 0.2) is 11.8 Å². The molecule has 1 aromatic heterocycles. The second kappa shape index (κ2) is 10.0. The van der Waals surface area contributed by atoms with E-state index in [-0.39, 0.29) is 29.9 Å². The molecule has 0 unspecified atom stereocenters. The highest BCUT2D eigenvalue weighted by Gasteiger charge is 2.21. The summed E-state index contributed by atoms with van der Waals surface area (Å²) in [5.74, 6) is 2.98. The maximum Gasteiger partial charge on any atom is 0.227 e. The number of amides is 1. The quantitative estimate of drug-likeness (QED) is 0.367. The average molecular weight is 509 g/mol. The largest absolute Gasteiger partial charge is 0.352 e. The normalized spacial score (nSPS) is 16.4. The molecule has 29 heavy (non-hydrogen) atoms. The Labute approximate surface area is 188 Å². The zero-order valence-electron chi connectivity index (χ0n) is 16.7. The van der Waals surface area contributed by atoms with Crippen LogP contribution in [0.25, 0.3) is 0 Å². The zero-order valence-corrected chi connectivity index (χ0v) is 19.1. The number of hydrogen-bond acceptors (Lipinski definition) is 4. The highest BCUT2D eigenvalue weighted by molar-refractivity contribution is 14.0. The van der Waals surface area contributed by atoms with Gasteiger partial charge in [0.25, 0.3) is 0 Å². The summed E-state index contributed by atoms with van der Waals surface area (Å²) in [4.78, 5) is 18.0. The maximum absolute atomic E-state index is 11.9. The summed E-state index contributed by atoms with van der Waals surface area (Å²) in [5.41, 5.74) is 2.11. The fraction of sp³-hybridized carbons (Fsp3) is 0.500. The van der Waals surface area contributed by atoms with Crippen LogP contribution in [-0.2, 0) is 30.8 Å². The second-order valence-corrected chi connectivity index (χ2v) is 7.24. The number of carbonyl (C=O) groups excluding carboxylic acids is 1. The van der Waals surface area contributed by atoms with Crippen LogP contribution in [0.15, 0.2) is 29.3 Å². The van der Waals surface area contributed by atoms with Gasteiger partial charge in [-0.25, -0.2) is 0 Å². The van der Waals surface area contributed by atoms with Gasteiger partial charge in [0.2, 0.25) is 5.91 Å². The van der Waals surface area contributed by atoms with Crippen molar-refractivity contribution in [3.8, 4) is 0 Å². The van der Waals surface area contributed by atoms with Gasteiger partial charge in [-0.1, -0.05) is 12.1 Å². The van der Waals surface area contributed by atoms with Gasteiger partial charge >= 0.3 is 0 Å². The zero-order chi connectivity index (χ0) is 19.3. The summed E-state index contributed by atoms with van der Waals surface area (Å²) in [5, 5.41) is 15.2. The molecule has 2 N–H and O–H groups in total. The third kappa shape index (κ3) is 5.06. The minimum atomic E-state index is 0. The highest BCUT2D eigenvalue weighted by Crippen LogP contribution is 2.21. The number of nitrogens with zero attached hydrogens (tertiary/aromatic N) is 5. The molecule has 1 saturated heterocycles. The summed E-state index contributed by atoms with van der Waals surface area (Å²) >= 11 is 0. The van der Waals surface area contributed by atoms with Gasteiger partial charge in [0.1, 0.15) is 5.82 Å². The van der Waals surface area contributed by atoms with E-state index in [9.17, 15) is 4.79 Å². The Balaban J connectivity index is 0.00000240. The van der Waals surface area contributed by atoms with E-state index in [1.54, 1.807) is 7.05 Å². The Hall–Kier alpha value is -2.17. The van der Waals surface area contributed by atoms with E-state index in [1.165, 1.54) is 12.8 Å². The van der Waals surface area contributed by atoms with Crippen molar-refractivity contribution in [3.63, 3.8) is 0 Å². The Morgan fingerprint density at radius 2 is 1.83 bits per heavy atom. The topological polar surface area (TPSA) is 87.4 Å². The lowest BCUT2D eigenvalue weighted by molar-refractivity contribution is -0.117. The molecule has 1 fully saturated rings. The Morgan fingerprint density at radius 3 is 2.55 bits per heavy atom. The van der Waals surface area contributed by atoms with Gasteiger partial charge in [-0.2, -0.15) is 0 Å². The average Bonchev–Trinajstić information content (AvgIpc) is 3.35. The molecule has 3 heterocycles. The summed E-state index contributed by atoms with van der Waals surface area (Å²) < 4.78 is 2.21. The van der Waals surface area contributed by atoms with Crippen LogP contribution in [0.3, 0.4) is 0 Å². The van der Waals surface area contributed by atoms with Crippen LogP contribution < -0.4 is 15.5 Å². The van der Waals surface area contributed by atoms with Gasteiger partial charge in [-0.3, -0.25) is 9.79 Å². The van der Waals surface area contributed by atoms with Gasteiger partial charge in [-0.05, 0) is 37.0 Å². The van der Waals surface area contributed by atoms with Crippen molar-refractivity contribution in [2.75, 3.05) is 18.5 Å². The van der Waals surface area contributed by atoms with Crippen molar-refractivity contribution in [2.24, 2.45) is 4.99 Å². The summed E-state index contributed by atoms with van der Waals surface area (Å²) in [6, 6.07) is 8.13. The number of nitrogens with one attached hydrogen (secondary N) is 2. The molecule has 0 spiro atoms. The first kappa shape index (κ1) is 21.5. The molecule has 156 valence electrons. The minimum absolute atomic E-state index is 0. The number of halogens is 1. The van der Waals surface area contributed by atoms with E-state index in [0.29, 0.717) is 19.5 Å². The van der Waals surface area contributed by atoms with Crippen LogP contribution in [-0.4, -0.2) is 40.2 Å². The van der Waals surface area contributed by atoms with Crippen LogP contribution >= 0.6 is 24.0 Å².